The zero-order valence-electron chi connectivity index (χ0n) is 16.0. The summed E-state index contributed by atoms with van der Waals surface area (Å²) in [7, 11) is 1.69. The van der Waals surface area contributed by atoms with Gasteiger partial charge in [0.1, 0.15) is 6.61 Å². The number of aryl methyl sites for hydroxylation is 1. The van der Waals surface area contributed by atoms with Crippen molar-refractivity contribution in [3.8, 4) is 11.5 Å². The average Bonchev–Trinajstić information content (AvgIpc) is 2.73. The molecule has 0 radical (unpaired) electrons. The molecule has 1 N–H and O–H groups in total. The zero-order chi connectivity index (χ0) is 20.4. The Labute approximate surface area is 166 Å². The predicted octanol–water partition coefficient (Wildman–Crippen LogP) is 1.38. The lowest BCUT2D eigenvalue weighted by Crippen LogP contribution is -2.42. The highest BCUT2D eigenvalue weighted by molar-refractivity contribution is 5.78. The number of H-pyrrole nitrogens is 1. The standard InChI is InChI=1S/C21H21N3O5/c1-23(12-14-13-28-17-8-4-5-9-18(17)29-14)19(25)10-11-24-16-7-3-2-6-15(16)20(26)22-21(24)27/h2-9,14H,10-13H2,1H3,(H,22,26,27)/t14-/m0/s1. The number of carbonyl (C=O) groups excluding carboxylic acids is 1. The van der Waals surface area contributed by atoms with Crippen LogP contribution in [0.15, 0.2) is 58.1 Å². The molecule has 1 aliphatic heterocycles. The lowest BCUT2D eigenvalue weighted by molar-refractivity contribution is -0.131. The fourth-order valence-electron chi connectivity index (χ4n) is 3.42. The van der Waals surface area contributed by atoms with Crippen molar-refractivity contribution in [3.63, 3.8) is 0 Å². The maximum Gasteiger partial charge on any atom is 0.328 e. The van der Waals surface area contributed by atoms with Gasteiger partial charge in [0.05, 0.1) is 17.4 Å². The number of nitrogens with zero attached hydrogens (tertiary/aromatic N) is 2. The van der Waals surface area contributed by atoms with Gasteiger partial charge in [-0.1, -0.05) is 24.3 Å². The SMILES string of the molecule is CN(C[C@H]1COc2ccccc2O1)C(=O)CCn1c(=O)[nH]c(=O)c2ccccc21. The Morgan fingerprint density at radius 2 is 1.86 bits per heavy atom. The van der Waals surface area contributed by atoms with Crippen molar-refractivity contribution in [2.45, 2.75) is 19.1 Å². The second-order valence-corrected chi connectivity index (χ2v) is 6.95. The van der Waals surface area contributed by atoms with E-state index in [1.807, 2.05) is 24.3 Å². The van der Waals surface area contributed by atoms with Crippen LogP contribution >= 0.6 is 0 Å². The van der Waals surface area contributed by atoms with Gasteiger partial charge in [-0.15, -0.1) is 0 Å². The molecule has 4 rings (SSSR count). The van der Waals surface area contributed by atoms with Crippen LogP contribution in [0.1, 0.15) is 6.42 Å². The number of ether oxygens (including phenoxy) is 2. The van der Waals surface area contributed by atoms with Crippen molar-refractivity contribution in [2.75, 3.05) is 20.2 Å². The number of likely N-dealkylation sites (N-methyl/N-ethyl adjacent to an activating group) is 1. The van der Waals surface area contributed by atoms with Crippen LogP contribution in [0, 0.1) is 0 Å². The van der Waals surface area contributed by atoms with Gasteiger partial charge in [0.15, 0.2) is 17.6 Å². The zero-order valence-corrected chi connectivity index (χ0v) is 16.0. The average molecular weight is 395 g/mol. The number of benzene rings is 2. The second kappa shape index (κ2) is 7.83. The van der Waals surface area contributed by atoms with E-state index in [0.717, 1.165) is 0 Å². The molecule has 0 aliphatic carbocycles. The van der Waals surface area contributed by atoms with E-state index in [9.17, 15) is 14.4 Å². The fraction of sp³-hybridized carbons (Fsp3) is 0.286. The molecule has 1 aromatic heterocycles. The first-order chi connectivity index (χ1) is 14.0. The van der Waals surface area contributed by atoms with Crippen LogP contribution in [0.25, 0.3) is 10.9 Å². The molecule has 0 saturated carbocycles. The van der Waals surface area contributed by atoms with Crippen molar-refractivity contribution in [3.05, 3.63) is 69.4 Å². The van der Waals surface area contributed by atoms with Crippen LogP contribution in [0.4, 0.5) is 0 Å². The van der Waals surface area contributed by atoms with Gasteiger partial charge in [-0.25, -0.2) is 4.79 Å². The van der Waals surface area contributed by atoms with Gasteiger partial charge >= 0.3 is 5.69 Å². The molecule has 0 spiro atoms. The highest BCUT2D eigenvalue weighted by Crippen LogP contribution is 2.30. The summed E-state index contributed by atoms with van der Waals surface area (Å²) in [6, 6.07) is 14.2. The topological polar surface area (TPSA) is 93.6 Å². The summed E-state index contributed by atoms with van der Waals surface area (Å²) in [6.45, 7) is 0.900. The Bertz CT molecular complexity index is 1170. The van der Waals surface area contributed by atoms with E-state index in [-0.39, 0.29) is 25.0 Å². The van der Waals surface area contributed by atoms with E-state index >= 15 is 0 Å². The summed E-state index contributed by atoms with van der Waals surface area (Å²) >= 11 is 0. The quantitative estimate of drug-likeness (QED) is 0.704. The van der Waals surface area contributed by atoms with Gasteiger partial charge in [-0.3, -0.25) is 19.1 Å². The van der Waals surface area contributed by atoms with Crippen molar-refractivity contribution in [2.24, 2.45) is 0 Å². The minimum Gasteiger partial charge on any atom is -0.486 e. The monoisotopic (exact) mass is 395 g/mol. The summed E-state index contributed by atoms with van der Waals surface area (Å²) in [4.78, 5) is 40.6. The highest BCUT2D eigenvalue weighted by atomic mass is 16.6. The lowest BCUT2D eigenvalue weighted by atomic mass is 10.2. The third-order valence-corrected chi connectivity index (χ3v) is 4.93. The van der Waals surface area contributed by atoms with Crippen LogP contribution in [-0.4, -0.2) is 46.7 Å². The van der Waals surface area contributed by atoms with Crippen molar-refractivity contribution in [1.29, 1.82) is 0 Å². The normalized spacial score (nSPS) is 15.3. The Morgan fingerprint density at radius 1 is 1.14 bits per heavy atom. The number of amides is 1. The molecule has 1 aliphatic rings. The van der Waals surface area contributed by atoms with Crippen molar-refractivity contribution < 1.29 is 14.3 Å². The summed E-state index contributed by atoms with van der Waals surface area (Å²) in [5, 5.41) is 0.416. The Kier molecular flexibility index (Phi) is 5.07. The lowest BCUT2D eigenvalue weighted by Gasteiger charge is -2.29. The number of para-hydroxylation sites is 3. The van der Waals surface area contributed by atoms with Crippen molar-refractivity contribution in [1.82, 2.24) is 14.5 Å². The first-order valence-corrected chi connectivity index (χ1v) is 9.37. The van der Waals surface area contributed by atoms with E-state index in [4.69, 9.17) is 9.47 Å². The van der Waals surface area contributed by atoms with Gasteiger partial charge in [-0.05, 0) is 24.3 Å². The molecule has 8 nitrogen and oxygen atoms in total. The van der Waals surface area contributed by atoms with E-state index in [2.05, 4.69) is 4.98 Å². The van der Waals surface area contributed by atoms with Crippen LogP contribution in [-0.2, 0) is 11.3 Å². The smallest absolute Gasteiger partial charge is 0.328 e. The molecule has 0 bridgehead atoms. The Hall–Kier alpha value is -3.55. The van der Waals surface area contributed by atoms with E-state index < -0.39 is 11.2 Å². The number of carbonyl (C=O) groups is 1. The third kappa shape index (κ3) is 3.87. The van der Waals surface area contributed by atoms with Gasteiger partial charge in [0.2, 0.25) is 5.91 Å². The predicted molar refractivity (Wildman–Crippen MR) is 107 cm³/mol. The number of nitrogens with one attached hydrogen (secondary N) is 1. The molecule has 2 aromatic carbocycles. The molecule has 0 fully saturated rings. The summed E-state index contributed by atoms with van der Waals surface area (Å²) in [6.07, 6.45) is -0.146. The first kappa shape index (κ1) is 18.8. The molecular formula is C21H21N3O5. The number of rotatable bonds is 5. The molecule has 2 heterocycles. The summed E-state index contributed by atoms with van der Waals surface area (Å²) in [5.41, 5.74) is -0.442. The van der Waals surface area contributed by atoms with Gasteiger partial charge in [-0.2, -0.15) is 0 Å². The summed E-state index contributed by atoms with van der Waals surface area (Å²) < 4.78 is 13.0. The third-order valence-electron chi connectivity index (χ3n) is 4.93. The number of aromatic nitrogens is 2. The van der Waals surface area contributed by atoms with Gasteiger partial charge in [0, 0.05) is 20.0 Å². The Balaban J connectivity index is 1.41. The van der Waals surface area contributed by atoms with E-state index in [0.29, 0.717) is 35.6 Å². The second-order valence-electron chi connectivity index (χ2n) is 6.95. The number of aromatic amines is 1. The Morgan fingerprint density at radius 3 is 2.69 bits per heavy atom. The minimum absolute atomic E-state index is 0.122. The van der Waals surface area contributed by atoms with Crippen LogP contribution in [0.3, 0.4) is 0 Å². The minimum atomic E-state index is -0.523. The largest absolute Gasteiger partial charge is 0.486 e. The summed E-state index contributed by atoms with van der Waals surface area (Å²) in [5.74, 6) is 1.23. The molecule has 29 heavy (non-hydrogen) atoms. The molecule has 1 amide bonds. The van der Waals surface area contributed by atoms with Crippen LogP contribution in [0.2, 0.25) is 0 Å². The van der Waals surface area contributed by atoms with Crippen molar-refractivity contribution >= 4 is 16.8 Å². The van der Waals surface area contributed by atoms with Crippen LogP contribution in [0.5, 0.6) is 11.5 Å². The van der Waals surface area contributed by atoms with Crippen LogP contribution < -0.4 is 20.7 Å². The maximum atomic E-state index is 12.6. The highest BCUT2D eigenvalue weighted by Gasteiger charge is 2.23. The molecule has 0 saturated heterocycles. The molecule has 1 atom stereocenters. The first-order valence-electron chi connectivity index (χ1n) is 9.37. The van der Waals surface area contributed by atoms with Gasteiger partial charge in [0.25, 0.3) is 5.56 Å². The number of hydrogen-bond donors (Lipinski definition) is 1. The molecule has 3 aromatic rings. The van der Waals surface area contributed by atoms with E-state index in [1.165, 1.54) is 4.57 Å². The van der Waals surface area contributed by atoms with E-state index in [1.54, 1.807) is 36.2 Å². The van der Waals surface area contributed by atoms with Gasteiger partial charge < -0.3 is 14.4 Å². The molecular weight excluding hydrogens is 374 g/mol. The maximum absolute atomic E-state index is 12.6. The molecule has 150 valence electrons. The number of hydrogen-bond acceptors (Lipinski definition) is 5. The molecule has 8 heteroatoms. The molecule has 0 unspecified atom stereocenters. The number of fused-ring (bicyclic) bond motifs is 2. The fourth-order valence-corrected chi connectivity index (χ4v) is 3.42.